The number of hydrogen-bond donors (Lipinski definition) is 2. The predicted molar refractivity (Wildman–Crippen MR) is 145 cm³/mol. The fourth-order valence-electron chi connectivity index (χ4n) is 5.20. The van der Waals surface area contributed by atoms with Crippen LogP contribution in [0.3, 0.4) is 0 Å². The lowest BCUT2D eigenvalue weighted by Gasteiger charge is -2.30. The Morgan fingerprint density at radius 1 is 1.08 bits per heavy atom. The Balaban J connectivity index is 1.33. The molecule has 0 aliphatic carbocycles. The summed E-state index contributed by atoms with van der Waals surface area (Å²) in [5.74, 6) is -0.704. The van der Waals surface area contributed by atoms with E-state index in [1.807, 2.05) is 32.2 Å². The number of alkyl halides is 3. The first-order valence-corrected chi connectivity index (χ1v) is 13.4. The lowest BCUT2D eigenvalue weighted by molar-refractivity contribution is -0.139. The summed E-state index contributed by atoms with van der Waals surface area (Å²) in [6, 6.07) is 13.2. The molecule has 3 heterocycles. The fraction of sp³-hybridized carbons (Fsp3) is 0.400. The molecule has 2 aliphatic heterocycles. The molecule has 2 aromatic carbocycles. The van der Waals surface area contributed by atoms with Crippen molar-refractivity contribution in [3.05, 3.63) is 77.1 Å². The first-order chi connectivity index (χ1) is 18.7. The maximum Gasteiger partial charge on any atom is 0.420 e. The summed E-state index contributed by atoms with van der Waals surface area (Å²) in [5.41, 5.74) is 3.18. The molecule has 1 unspecified atom stereocenters. The number of rotatable bonds is 6. The Kier molecular flexibility index (Phi) is 7.91. The van der Waals surface area contributed by atoms with Crippen LogP contribution in [0.25, 0.3) is 11.1 Å². The molecule has 0 spiro atoms. The first-order valence-electron chi connectivity index (χ1n) is 13.4. The summed E-state index contributed by atoms with van der Waals surface area (Å²) in [4.78, 5) is 19.8. The van der Waals surface area contributed by atoms with Crippen molar-refractivity contribution in [1.29, 1.82) is 0 Å². The van der Waals surface area contributed by atoms with E-state index in [1.54, 1.807) is 18.3 Å². The third-order valence-corrected chi connectivity index (χ3v) is 7.52. The van der Waals surface area contributed by atoms with E-state index in [0.29, 0.717) is 18.4 Å². The van der Waals surface area contributed by atoms with Crippen LogP contribution < -0.4 is 15.4 Å². The minimum Gasteiger partial charge on any atom is -0.490 e. The van der Waals surface area contributed by atoms with Gasteiger partial charge in [0.1, 0.15) is 11.9 Å². The van der Waals surface area contributed by atoms with Crippen molar-refractivity contribution in [3.8, 4) is 16.9 Å². The number of likely N-dealkylation sites (tertiary alicyclic amines) is 1. The van der Waals surface area contributed by atoms with E-state index in [9.17, 15) is 18.0 Å². The normalized spacial score (nSPS) is 18.7. The SMILES string of the molecule is Cc1ccc(C(=O)Nc2ccc(OC3CCN(C)CC3)c(C(F)(F)F)c2)cc1-c1ccc(C2CCCN2)nc1. The van der Waals surface area contributed by atoms with Crippen molar-refractivity contribution in [2.45, 2.75) is 50.9 Å². The molecule has 0 bridgehead atoms. The Bertz CT molecular complexity index is 1310. The number of amides is 1. The number of pyridine rings is 1. The Morgan fingerprint density at radius 3 is 2.54 bits per heavy atom. The quantitative estimate of drug-likeness (QED) is 0.390. The van der Waals surface area contributed by atoms with Crippen LogP contribution in [0.1, 0.15) is 58.9 Å². The van der Waals surface area contributed by atoms with E-state index in [-0.39, 0.29) is 23.6 Å². The largest absolute Gasteiger partial charge is 0.490 e. The topological polar surface area (TPSA) is 66.5 Å². The van der Waals surface area contributed by atoms with Crippen LogP contribution in [0.15, 0.2) is 54.7 Å². The monoisotopic (exact) mass is 538 g/mol. The summed E-state index contributed by atoms with van der Waals surface area (Å²) >= 11 is 0. The zero-order chi connectivity index (χ0) is 27.6. The second kappa shape index (κ2) is 11.4. The van der Waals surface area contributed by atoms with Gasteiger partial charge in [0, 0.05) is 42.1 Å². The van der Waals surface area contributed by atoms with Gasteiger partial charge in [0.05, 0.1) is 11.3 Å². The summed E-state index contributed by atoms with van der Waals surface area (Å²) in [7, 11) is 1.98. The minimum atomic E-state index is -4.62. The van der Waals surface area contributed by atoms with Crippen molar-refractivity contribution in [2.75, 3.05) is 32.0 Å². The molecule has 1 atom stereocenters. The highest BCUT2D eigenvalue weighted by molar-refractivity contribution is 6.05. The molecule has 0 radical (unpaired) electrons. The highest BCUT2D eigenvalue weighted by Crippen LogP contribution is 2.39. The van der Waals surface area contributed by atoms with E-state index in [1.165, 1.54) is 12.1 Å². The van der Waals surface area contributed by atoms with Gasteiger partial charge in [-0.1, -0.05) is 12.1 Å². The van der Waals surface area contributed by atoms with Crippen LogP contribution >= 0.6 is 0 Å². The molecule has 5 rings (SSSR count). The fourth-order valence-corrected chi connectivity index (χ4v) is 5.20. The summed E-state index contributed by atoms with van der Waals surface area (Å²) in [6.07, 6.45) is 0.427. The van der Waals surface area contributed by atoms with Gasteiger partial charge in [0.15, 0.2) is 0 Å². The van der Waals surface area contributed by atoms with Crippen LogP contribution in [-0.4, -0.2) is 48.6 Å². The van der Waals surface area contributed by atoms with Crippen molar-refractivity contribution in [2.24, 2.45) is 0 Å². The lowest BCUT2D eigenvalue weighted by Crippen LogP contribution is -2.36. The molecule has 206 valence electrons. The van der Waals surface area contributed by atoms with Crippen LogP contribution in [-0.2, 0) is 6.18 Å². The highest BCUT2D eigenvalue weighted by atomic mass is 19.4. The van der Waals surface area contributed by atoms with E-state index in [0.717, 1.165) is 60.9 Å². The van der Waals surface area contributed by atoms with Gasteiger partial charge in [-0.25, -0.2) is 0 Å². The van der Waals surface area contributed by atoms with Crippen LogP contribution in [0.4, 0.5) is 18.9 Å². The van der Waals surface area contributed by atoms with Gasteiger partial charge in [-0.15, -0.1) is 0 Å². The number of hydrogen-bond acceptors (Lipinski definition) is 5. The number of ether oxygens (including phenoxy) is 1. The number of carbonyl (C=O) groups excluding carboxylic acids is 1. The number of aryl methyl sites for hydroxylation is 1. The molecule has 0 saturated carbocycles. The van der Waals surface area contributed by atoms with E-state index >= 15 is 0 Å². The molecule has 1 aromatic heterocycles. The molecule has 39 heavy (non-hydrogen) atoms. The second-order valence-corrected chi connectivity index (χ2v) is 10.4. The Labute approximate surface area is 226 Å². The number of nitrogens with one attached hydrogen (secondary N) is 2. The summed E-state index contributed by atoms with van der Waals surface area (Å²) < 4.78 is 47.5. The van der Waals surface area contributed by atoms with Crippen molar-refractivity contribution >= 4 is 11.6 Å². The molecule has 2 saturated heterocycles. The Hall–Kier alpha value is -3.43. The average Bonchev–Trinajstić information content (AvgIpc) is 3.46. The first kappa shape index (κ1) is 27.1. The van der Waals surface area contributed by atoms with Gasteiger partial charge in [-0.2, -0.15) is 13.2 Å². The van der Waals surface area contributed by atoms with Crippen molar-refractivity contribution in [1.82, 2.24) is 15.2 Å². The highest BCUT2D eigenvalue weighted by Gasteiger charge is 2.36. The summed E-state index contributed by atoms with van der Waals surface area (Å²) in [5, 5.41) is 6.06. The molecular weight excluding hydrogens is 505 g/mol. The second-order valence-electron chi connectivity index (χ2n) is 10.4. The number of anilines is 1. The van der Waals surface area contributed by atoms with Gasteiger partial charge >= 0.3 is 6.18 Å². The smallest absolute Gasteiger partial charge is 0.420 e. The van der Waals surface area contributed by atoms with Crippen molar-refractivity contribution < 1.29 is 22.7 Å². The van der Waals surface area contributed by atoms with Gasteiger partial charge < -0.3 is 20.3 Å². The molecule has 9 heteroatoms. The number of carbonyl (C=O) groups is 1. The molecular formula is C30H33F3N4O2. The average molecular weight is 539 g/mol. The lowest BCUT2D eigenvalue weighted by atomic mass is 9.98. The third kappa shape index (κ3) is 6.42. The van der Waals surface area contributed by atoms with E-state index < -0.39 is 17.6 Å². The van der Waals surface area contributed by atoms with E-state index in [4.69, 9.17) is 4.74 Å². The Morgan fingerprint density at radius 2 is 1.87 bits per heavy atom. The van der Waals surface area contributed by atoms with Gasteiger partial charge in [0.2, 0.25) is 0 Å². The van der Waals surface area contributed by atoms with Crippen molar-refractivity contribution in [3.63, 3.8) is 0 Å². The summed E-state index contributed by atoms with van der Waals surface area (Å²) in [6.45, 7) is 4.48. The zero-order valence-electron chi connectivity index (χ0n) is 22.1. The number of halogens is 3. The number of aromatic nitrogens is 1. The maximum atomic E-state index is 13.9. The van der Waals surface area contributed by atoms with Gasteiger partial charge in [-0.3, -0.25) is 9.78 Å². The molecule has 1 amide bonds. The number of benzene rings is 2. The molecule has 2 aliphatic rings. The molecule has 2 fully saturated rings. The number of nitrogens with zero attached hydrogens (tertiary/aromatic N) is 2. The zero-order valence-corrected chi connectivity index (χ0v) is 22.1. The molecule has 3 aromatic rings. The van der Waals surface area contributed by atoms with Crippen LogP contribution in [0.2, 0.25) is 0 Å². The standard InChI is InChI=1S/C30H33F3N4O2/c1-19-5-6-20(16-24(19)21-7-9-27(35-18-21)26-4-3-13-34-26)29(38)36-22-8-10-28(25(17-22)30(31,32)33)39-23-11-14-37(2)15-12-23/h5-10,16-18,23,26,34H,3-4,11-15H2,1-2H3,(H,36,38). The van der Waals surface area contributed by atoms with Gasteiger partial charge in [0.25, 0.3) is 5.91 Å². The van der Waals surface area contributed by atoms with Gasteiger partial charge in [-0.05, 0) is 93.7 Å². The third-order valence-electron chi connectivity index (χ3n) is 7.52. The predicted octanol–water partition coefficient (Wildman–Crippen LogP) is 6.23. The molecule has 2 N–H and O–H groups in total. The van der Waals surface area contributed by atoms with Crippen LogP contribution in [0.5, 0.6) is 5.75 Å². The minimum absolute atomic E-state index is 0.0558. The number of piperidine rings is 1. The van der Waals surface area contributed by atoms with E-state index in [2.05, 4.69) is 20.5 Å². The molecule has 6 nitrogen and oxygen atoms in total. The maximum absolute atomic E-state index is 13.9. The van der Waals surface area contributed by atoms with Crippen LogP contribution in [0, 0.1) is 6.92 Å².